The number of sulfonamides is 1. The van der Waals surface area contributed by atoms with Crippen LogP contribution in [0.5, 0.6) is 0 Å². The van der Waals surface area contributed by atoms with Crippen LogP contribution in [0.2, 0.25) is 5.02 Å². The number of carbonyl (C=O) groups is 1. The number of halogens is 1. The topological polar surface area (TPSA) is 76.1 Å². The summed E-state index contributed by atoms with van der Waals surface area (Å²) in [6.45, 7) is 3.31. The first kappa shape index (κ1) is 16.5. The fourth-order valence-corrected chi connectivity index (χ4v) is 2.59. The monoisotopic (exact) mass is 338 g/mol. The summed E-state index contributed by atoms with van der Waals surface area (Å²) in [7, 11) is -3.61. The van der Waals surface area contributed by atoms with Crippen molar-refractivity contribution >= 4 is 27.5 Å². The minimum atomic E-state index is -3.61. The highest BCUT2D eigenvalue weighted by molar-refractivity contribution is 7.90. The summed E-state index contributed by atoms with van der Waals surface area (Å²) < 4.78 is 25.0. The minimum absolute atomic E-state index is 0.168. The molecule has 7 heteroatoms. The molecule has 0 atom stereocenters. The summed E-state index contributed by atoms with van der Waals surface area (Å²) in [4.78, 5) is 16.4. The van der Waals surface area contributed by atoms with Crippen molar-refractivity contribution in [2.75, 3.05) is 5.75 Å². The average Bonchev–Trinajstić information content (AvgIpc) is 2.47. The maximum absolute atomic E-state index is 12.0. The van der Waals surface area contributed by atoms with Crippen LogP contribution in [0.3, 0.4) is 0 Å². The quantitative estimate of drug-likeness (QED) is 0.930. The highest BCUT2D eigenvalue weighted by Gasteiger charge is 2.16. The molecule has 0 aliphatic rings. The Morgan fingerprint density at radius 2 is 2.00 bits per heavy atom. The second-order valence-corrected chi connectivity index (χ2v) is 7.11. The number of hydrogen-bond acceptors (Lipinski definition) is 4. The van der Waals surface area contributed by atoms with Gasteiger partial charge in [-0.05, 0) is 44.2 Å². The van der Waals surface area contributed by atoms with Crippen LogP contribution in [-0.4, -0.2) is 25.1 Å². The van der Waals surface area contributed by atoms with Gasteiger partial charge >= 0.3 is 0 Å². The average molecular weight is 339 g/mol. The van der Waals surface area contributed by atoms with Crippen LogP contribution in [0.15, 0.2) is 36.4 Å². The molecule has 5 nitrogen and oxygen atoms in total. The van der Waals surface area contributed by atoms with Gasteiger partial charge in [-0.1, -0.05) is 17.7 Å². The van der Waals surface area contributed by atoms with Gasteiger partial charge in [-0.2, -0.15) is 0 Å². The summed E-state index contributed by atoms with van der Waals surface area (Å²) in [6, 6.07) is 10.0. The van der Waals surface area contributed by atoms with Crippen LogP contribution >= 0.6 is 11.6 Å². The Kier molecular flexibility index (Phi) is 4.83. The van der Waals surface area contributed by atoms with Gasteiger partial charge in [0.15, 0.2) is 0 Å². The molecule has 0 aliphatic carbocycles. The van der Waals surface area contributed by atoms with Crippen molar-refractivity contribution in [1.82, 2.24) is 9.71 Å². The number of carbonyl (C=O) groups excluding carboxylic acids is 1. The first-order chi connectivity index (χ1) is 10.3. The van der Waals surface area contributed by atoms with Crippen molar-refractivity contribution in [2.45, 2.75) is 13.8 Å². The molecule has 22 heavy (non-hydrogen) atoms. The third-order valence-electron chi connectivity index (χ3n) is 3.02. The lowest BCUT2D eigenvalue weighted by Gasteiger charge is -2.09. The van der Waals surface area contributed by atoms with Crippen molar-refractivity contribution in [1.29, 1.82) is 0 Å². The number of nitrogens with one attached hydrogen (secondary N) is 1. The molecule has 2 aromatic rings. The van der Waals surface area contributed by atoms with Crippen molar-refractivity contribution in [3.05, 3.63) is 52.7 Å². The van der Waals surface area contributed by atoms with Crippen LogP contribution < -0.4 is 4.72 Å². The van der Waals surface area contributed by atoms with Gasteiger partial charge in [0.2, 0.25) is 10.0 Å². The van der Waals surface area contributed by atoms with E-state index in [0.29, 0.717) is 16.3 Å². The Morgan fingerprint density at radius 3 is 2.64 bits per heavy atom. The van der Waals surface area contributed by atoms with Crippen LogP contribution in [0.25, 0.3) is 11.3 Å². The number of nitrogens with zero attached hydrogens (tertiary/aromatic N) is 1. The fraction of sp³-hybridized carbons (Fsp3) is 0.200. The molecule has 0 saturated heterocycles. The molecule has 0 fully saturated rings. The third kappa shape index (κ3) is 3.84. The molecule has 1 aromatic heterocycles. The van der Waals surface area contributed by atoms with Crippen molar-refractivity contribution in [3.8, 4) is 11.3 Å². The van der Waals surface area contributed by atoms with Crippen LogP contribution in [0.1, 0.15) is 23.0 Å². The van der Waals surface area contributed by atoms with Gasteiger partial charge in [-0.25, -0.2) is 13.1 Å². The first-order valence-electron chi connectivity index (χ1n) is 6.61. The van der Waals surface area contributed by atoms with E-state index in [-0.39, 0.29) is 11.3 Å². The highest BCUT2D eigenvalue weighted by Crippen LogP contribution is 2.27. The van der Waals surface area contributed by atoms with Gasteiger partial charge in [0, 0.05) is 16.8 Å². The molecule has 116 valence electrons. The first-order valence-corrected chi connectivity index (χ1v) is 8.64. The van der Waals surface area contributed by atoms with E-state index in [0.717, 1.165) is 5.69 Å². The molecular formula is C15H15ClN2O3S. The van der Waals surface area contributed by atoms with Crippen molar-refractivity contribution in [2.24, 2.45) is 0 Å². The molecule has 0 saturated carbocycles. The number of pyridine rings is 1. The number of aryl methyl sites for hydroxylation is 1. The summed E-state index contributed by atoms with van der Waals surface area (Å²) in [6.07, 6.45) is 0. The summed E-state index contributed by atoms with van der Waals surface area (Å²) in [5.74, 6) is -0.856. The number of hydrogen-bond donors (Lipinski definition) is 1. The van der Waals surface area contributed by atoms with Crippen LogP contribution in [0.4, 0.5) is 0 Å². The molecule has 1 N–H and O–H groups in total. The highest BCUT2D eigenvalue weighted by atomic mass is 35.5. The molecule has 2 rings (SSSR count). The van der Waals surface area contributed by atoms with Gasteiger partial charge in [0.05, 0.1) is 16.5 Å². The minimum Gasteiger partial charge on any atom is -0.268 e. The fourth-order valence-electron chi connectivity index (χ4n) is 1.83. The molecule has 1 heterocycles. The van der Waals surface area contributed by atoms with E-state index in [1.54, 1.807) is 12.1 Å². The standard InChI is InChI=1S/C15H15ClN2O3S/c1-3-22(20,21)18-15(19)11-7-8-13(16)12(9-11)14-6-4-5-10(2)17-14/h4-9H,3H2,1-2H3,(H,18,19). The van der Waals surface area contributed by atoms with Crippen molar-refractivity contribution < 1.29 is 13.2 Å². The van der Waals surface area contributed by atoms with Gasteiger partial charge in [0.1, 0.15) is 0 Å². The Bertz CT molecular complexity index is 819. The third-order valence-corrected chi connectivity index (χ3v) is 4.61. The zero-order valence-electron chi connectivity index (χ0n) is 12.1. The SMILES string of the molecule is CCS(=O)(=O)NC(=O)c1ccc(Cl)c(-c2cccc(C)n2)c1. The molecule has 0 bridgehead atoms. The van der Waals surface area contributed by atoms with Crippen LogP contribution in [0, 0.1) is 6.92 Å². The number of rotatable bonds is 4. The molecule has 0 radical (unpaired) electrons. The summed E-state index contributed by atoms with van der Waals surface area (Å²) >= 11 is 6.16. The smallest absolute Gasteiger partial charge is 0.264 e. The van der Waals surface area contributed by atoms with Crippen molar-refractivity contribution in [3.63, 3.8) is 0 Å². The lowest BCUT2D eigenvalue weighted by molar-refractivity contribution is 0.0981. The number of benzene rings is 1. The Labute approximate surface area is 134 Å². The van der Waals surface area contributed by atoms with E-state index in [1.807, 2.05) is 23.8 Å². The molecular weight excluding hydrogens is 324 g/mol. The predicted octanol–water partition coefficient (Wildman–Crippen LogP) is 2.79. The van der Waals surface area contributed by atoms with E-state index in [2.05, 4.69) is 4.98 Å². The lowest BCUT2D eigenvalue weighted by atomic mass is 10.1. The van der Waals surface area contributed by atoms with E-state index in [4.69, 9.17) is 11.6 Å². The summed E-state index contributed by atoms with van der Waals surface area (Å²) in [5.41, 5.74) is 2.22. The largest absolute Gasteiger partial charge is 0.268 e. The predicted molar refractivity (Wildman–Crippen MR) is 86.3 cm³/mol. The molecule has 1 aromatic carbocycles. The zero-order chi connectivity index (χ0) is 16.3. The second-order valence-electron chi connectivity index (χ2n) is 4.69. The maximum atomic E-state index is 12.0. The lowest BCUT2D eigenvalue weighted by Crippen LogP contribution is -2.31. The molecule has 0 aliphatic heterocycles. The Hall–Kier alpha value is -1.92. The Morgan fingerprint density at radius 1 is 1.27 bits per heavy atom. The molecule has 0 unspecified atom stereocenters. The van der Waals surface area contributed by atoms with Gasteiger partial charge in [-0.15, -0.1) is 0 Å². The van der Waals surface area contributed by atoms with Gasteiger partial charge in [-0.3, -0.25) is 9.78 Å². The second kappa shape index (κ2) is 6.46. The molecule has 1 amide bonds. The Balaban J connectivity index is 2.41. The maximum Gasteiger partial charge on any atom is 0.264 e. The zero-order valence-corrected chi connectivity index (χ0v) is 13.7. The normalized spacial score (nSPS) is 11.2. The van der Waals surface area contributed by atoms with E-state index < -0.39 is 15.9 Å². The van der Waals surface area contributed by atoms with Gasteiger partial charge < -0.3 is 0 Å². The van der Waals surface area contributed by atoms with Crippen LogP contribution in [-0.2, 0) is 10.0 Å². The van der Waals surface area contributed by atoms with E-state index >= 15 is 0 Å². The number of amides is 1. The van der Waals surface area contributed by atoms with E-state index in [1.165, 1.54) is 19.1 Å². The van der Waals surface area contributed by atoms with E-state index in [9.17, 15) is 13.2 Å². The van der Waals surface area contributed by atoms with Gasteiger partial charge in [0.25, 0.3) is 5.91 Å². The summed E-state index contributed by atoms with van der Waals surface area (Å²) in [5, 5.41) is 0.438. The number of aromatic nitrogens is 1. The molecule has 0 spiro atoms.